The van der Waals surface area contributed by atoms with Crippen molar-refractivity contribution in [2.75, 3.05) is 7.05 Å². The molecular weight excluding hydrogens is 241 g/mol. The standard InChI is InChI=1S/C11H12FN3O3/c1-15(17)11(16)13-10-6-9(18-14-10)7-2-4-8(12)5-3-7/h2-5,9,17H,6H2,1H3,(H,13,14,16). The minimum atomic E-state index is -0.697. The Labute approximate surface area is 103 Å². The van der Waals surface area contributed by atoms with Crippen LogP contribution in [0.4, 0.5) is 9.18 Å². The molecule has 96 valence electrons. The molecule has 1 aliphatic heterocycles. The summed E-state index contributed by atoms with van der Waals surface area (Å²) in [5, 5.41) is 15.4. The first-order valence-electron chi connectivity index (χ1n) is 5.28. The summed E-state index contributed by atoms with van der Waals surface area (Å²) in [6.07, 6.45) is -0.00418. The Kier molecular flexibility index (Phi) is 3.42. The summed E-state index contributed by atoms with van der Waals surface area (Å²) in [4.78, 5) is 16.3. The number of hydrogen-bond acceptors (Lipinski definition) is 4. The van der Waals surface area contributed by atoms with Gasteiger partial charge >= 0.3 is 6.03 Å². The minimum absolute atomic E-state index is 0.315. The topological polar surface area (TPSA) is 74.2 Å². The van der Waals surface area contributed by atoms with E-state index in [1.54, 1.807) is 12.1 Å². The second kappa shape index (κ2) is 5.01. The second-order valence-electron chi connectivity index (χ2n) is 3.84. The van der Waals surface area contributed by atoms with E-state index in [1.165, 1.54) is 19.2 Å². The van der Waals surface area contributed by atoms with Gasteiger partial charge < -0.3 is 4.84 Å². The number of hydrogen-bond donors (Lipinski definition) is 2. The minimum Gasteiger partial charge on any atom is -0.386 e. The lowest BCUT2D eigenvalue weighted by atomic mass is 10.1. The summed E-state index contributed by atoms with van der Waals surface area (Å²) in [6.45, 7) is 0. The Morgan fingerprint density at radius 1 is 1.56 bits per heavy atom. The van der Waals surface area contributed by atoms with Crippen LogP contribution in [0.1, 0.15) is 18.1 Å². The molecule has 0 saturated heterocycles. The first-order chi connectivity index (χ1) is 8.56. The van der Waals surface area contributed by atoms with Crippen LogP contribution in [0.5, 0.6) is 0 Å². The van der Waals surface area contributed by atoms with Gasteiger partial charge in [0.15, 0.2) is 11.9 Å². The average molecular weight is 253 g/mol. The zero-order valence-electron chi connectivity index (χ0n) is 9.63. The zero-order valence-corrected chi connectivity index (χ0v) is 9.63. The normalized spacial score (nSPS) is 17.9. The number of carbonyl (C=O) groups is 1. The molecule has 0 fully saturated rings. The molecule has 6 nitrogen and oxygen atoms in total. The van der Waals surface area contributed by atoms with Crippen molar-refractivity contribution >= 4 is 11.9 Å². The van der Waals surface area contributed by atoms with Crippen molar-refractivity contribution in [2.24, 2.45) is 5.16 Å². The maximum Gasteiger partial charge on any atom is 0.346 e. The summed E-state index contributed by atoms with van der Waals surface area (Å²) >= 11 is 0. The predicted octanol–water partition coefficient (Wildman–Crippen LogP) is 1.63. The summed E-state index contributed by atoms with van der Waals surface area (Å²) in [5.41, 5.74) is 0.766. The third-order valence-electron chi connectivity index (χ3n) is 2.46. The number of halogens is 1. The van der Waals surface area contributed by atoms with Crippen LogP contribution in [0.3, 0.4) is 0 Å². The molecular formula is C11H12FN3O3. The molecule has 18 heavy (non-hydrogen) atoms. The molecule has 1 atom stereocenters. The van der Waals surface area contributed by atoms with Crippen molar-refractivity contribution in [3.8, 4) is 0 Å². The molecule has 0 aromatic heterocycles. The fraction of sp³-hybridized carbons (Fsp3) is 0.273. The molecule has 0 bridgehead atoms. The van der Waals surface area contributed by atoms with Gasteiger partial charge in [0.1, 0.15) is 5.82 Å². The molecule has 1 aliphatic rings. The van der Waals surface area contributed by atoms with Gasteiger partial charge in [-0.05, 0) is 17.7 Å². The molecule has 0 spiro atoms. The van der Waals surface area contributed by atoms with Crippen LogP contribution in [0.2, 0.25) is 0 Å². The summed E-state index contributed by atoms with van der Waals surface area (Å²) in [5.74, 6) is -0.0108. The van der Waals surface area contributed by atoms with E-state index in [2.05, 4.69) is 10.5 Å². The maximum atomic E-state index is 12.8. The van der Waals surface area contributed by atoms with E-state index in [1.807, 2.05) is 0 Å². The van der Waals surface area contributed by atoms with E-state index < -0.39 is 6.03 Å². The molecule has 2 amide bonds. The first-order valence-corrected chi connectivity index (χ1v) is 5.28. The quantitative estimate of drug-likeness (QED) is 0.590. The highest BCUT2D eigenvalue weighted by Crippen LogP contribution is 2.26. The third kappa shape index (κ3) is 2.75. The van der Waals surface area contributed by atoms with E-state index >= 15 is 0 Å². The smallest absolute Gasteiger partial charge is 0.346 e. The van der Waals surface area contributed by atoms with E-state index in [9.17, 15) is 9.18 Å². The number of rotatable bonds is 1. The third-order valence-corrected chi connectivity index (χ3v) is 2.46. The van der Waals surface area contributed by atoms with E-state index in [4.69, 9.17) is 10.0 Å². The number of hydroxylamine groups is 2. The van der Waals surface area contributed by atoms with Gasteiger partial charge in [0.25, 0.3) is 0 Å². The van der Waals surface area contributed by atoms with Gasteiger partial charge in [0.2, 0.25) is 0 Å². The zero-order chi connectivity index (χ0) is 13.1. The Morgan fingerprint density at radius 3 is 2.83 bits per heavy atom. The molecule has 1 unspecified atom stereocenters. The van der Waals surface area contributed by atoms with Crippen LogP contribution in [0, 0.1) is 5.82 Å². The second-order valence-corrected chi connectivity index (χ2v) is 3.84. The number of nitrogens with zero attached hydrogens (tertiary/aromatic N) is 2. The van der Waals surface area contributed by atoms with E-state index in [0.717, 1.165) is 5.56 Å². The van der Waals surface area contributed by atoms with Crippen molar-refractivity contribution in [2.45, 2.75) is 12.5 Å². The first kappa shape index (κ1) is 12.3. The molecule has 7 heteroatoms. The van der Waals surface area contributed by atoms with Crippen LogP contribution in [0.15, 0.2) is 29.4 Å². The Hall–Kier alpha value is -2.15. The number of nitrogens with one attached hydrogen (secondary N) is 1. The average Bonchev–Trinajstić information content (AvgIpc) is 2.78. The lowest BCUT2D eigenvalue weighted by molar-refractivity contribution is -0.0163. The largest absolute Gasteiger partial charge is 0.386 e. The van der Waals surface area contributed by atoms with E-state index in [0.29, 0.717) is 17.3 Å². The van der Waals surface area contributed by atoms with Crippen LogP contribution >= 0.6 is 0 Å². The number of carbonyl (C=O) groups excluding carboxylic acids is 1. The van der Waals surface area contributed by atoms with Gasteiger partial charge in [0.05, 0.1) is 6.42 Å². The lowest BCUT2D eigenvalue weighted by Gasteiger charge is -2.09. The summed E-state index contributed by atoms with van der Waals surface area (Å²) < 4.78 is 12.8. The number of urea groups is 1. The van der Waals surface area contributed by atoms with E-state index in [-0.39, 0.29) is 11.9 Å². The van der Waals surface area contributed by atoms with Crippen LogP contribution in [0.25, 0.3) is 0 Å². The van der Waals surface area contributed by atoms with Crippen LogP contribution in [-0.4, -0.2) is 29.2 Å². The Morgan fingerprint density at radius 2 is 2.22 bits per heavy atom. The maximum absolute atomic E-state index is 12.8. The molecule has 1 heterocycles. The SMILES string of the molecule is CN(O)C(=O)NC1=NOC(c2ccc(F)cc2)C1. The molecule has 1 aromatic rings. The van der Waals surface area contributed by atoms with Gasteiger partial charge in [-0.1, -0.05) is 17.3 Å². The van der Waals surface area contributed by atoms with Crippen molar-refractivity contribution in [3.63, 3.8) is 0 Å². The summed E-state index contributed by atoms with van der Waals surface area (Å²) in [6, 6.07) is 5.15. The highest BCUT2D eigenvalue weighted by Gasteiger charge is 2.24. The predicted molar refractivity (Wildman–Crippen MR) is 60.4 cm³/mol. The Bertz CT molecular complexity index is 473. The fourth-order valence-electron chi connectivity index (χ4n) is 1.51. The van der Waals surface area contributed by atoms with Gasteiger partial charge in [-0.15, -0.1) is 0 Å². The molecule has 1 aromatic carbocycles. The van der Waals surface area contributed by atoms with Crippen molar-refractivity contribution in [1.82, 2.24) is 10.4 Å². The summed E-state index contributed by atoms with van der Waals surface area (Å²) in [7, 11) is 1.20. The Balaban J connectivity index is 1.95. The molecule has 2 N–H and O–H groups in total. The number of amides is 2. The van der Waals surface area contributed by atoms with Crippen molar-refractivity contribution in [3.05, 3.63) is 35.6 Å². The van der Waals surface area contributed by atoms with Gasteiger partial charge in [-0.25, -0.2) is 14.2 Å². The van der Waals surface area contributed by atoms with Crippen LogP contribution < -0.4 is 5.32 Å². The van der Waals surface area contributed by atoms with Gasteiger partial charge in [-0.2, -0.15) is 0 Å². The molecule has 0 radical (unpaired) electrons. The fourth-order valence-corrected chi connectivity index (χ4v) is 1.51. The number of benzene rings is 1. The lowest BCUT2D eigenvalue weighted by Crippen LogP contribution is -2.38. The van der Waals surface area contributed by atoms with Gasteiger partial charge in [-0.3, -0.25) is 10.5 Å². The monoisotopic (exact) mass is 253 g/mol. The number of amidine groups is 1. The van der Waals surface area contributed by atoms with Crippen molar-refractivity contribution in [1.29, 1.82) is 0 Å². The van der Waals surface area contributed by atoms with Crippen LogP contribution in [-0.2, 0) is 4.84 Å². The molecule has 2 rings (SSSR count). The highest BCUT2D eigenvalue weighted by atomic mass is 19.1. The van der Waals surface area contributed by atoms with Crippen molar-refractivity contribution < 1.29 is 19.2 Å². The highest BCUT2D eigenvalue weighted by molar-refractivity contribution is 5.97. The molecule has 0 saturated carbocycles. The van der Waals surface area contributed by atoms with Gasteiger partial charge in [0, 0.05) is 7.05 Å². The molecule has 0 aliphatic carbocycles. The number of oxime groups is 1.